The Balaban J connectivity index is 1.51. The summed E-state index contributed by atoms with van der Waals surface area (Å²) in [6, 6.07) is 2.13. The standard InChI is InChI=1S/C25H30ClF2N7O2/c1-12-2-5-14(10-19(12)36)31-24-30-11-18-23(34-24)35(15-6-3-13(4-7-15)22(29)37)25(32-18)33-21-17(27)9-8-16(26)20(21)28/h8-9,11-15,19,36H,2-7,10H2,1H3,(H2,29,37)(H,32,33)(H,30,31,34)/t12-,13-,14-,15+,19-/m1/s1. The lowest BCUT2D eigenvalue weighted by Gasteiger charge is -2.31. The second-order valence-electron chi connectivity index (χ2n) is 10.2. The number of aliphatic hydroxyl groups excluding tert-OH is 1. The van der Waals surface area contributed by atoms with Gasteiger partial charge in [0.15, 0.2) is 11.5 Å². The van der Waals surface area contributed by atoms with Crippen molar-refractivity contribution in [1.82, 2.24) is 19.5 Å². The summed E-state index contributed by atoms with van der Waals surface area (Å²) in [6.07, 6.45) is 5.97. The highest BCUT2D eigenvalue weighted by atomic mass is 35.5. The number of benzene rings is 1. The van der Waals surface area contributed by atoms with Crippen LogP contribution in [0.3, 0.4) is 0 Å². The van der Waals surface area contributed by atoms with Crippen LogP contribution in [-0.2, 0) is 4.79 Å². The Labute approximate surface area is 217 Å². The first kappa shape index (κ1) is 25.6. The lowest BCUT2D eigenvalue weighted by atomic mass is 9.85. The summed E-state index contributed by atoms with van der Waals surface area (Å²) in [7, 11) is 0. The van der Waals surface area contributed by atoms with Gasteiger partial charge in [-0.25, -0.2) is 18.7 Å². The molecule has 1 amide bonds. The fraction of sp³-hybridized carbons (Fsp3) is 0.520. The number of nitrogens with zero attached hydrogens (tertiary/aromatic N) is 4. The lowest BCUT2D eigenvalue weighted by Crippen LogP contribution is -2.35. The first-order chi connectivity index (χ1) is 17.7. The fourth-order valence-electron chi connectivity index (χ4n) is 5.38. The van der Waals surface area contributed by atoms with Crippen molar-refractivity contribution < 1.29 is 18.7 Å². The Morgan fingerprint density at radius 3 is 2.62 bits per heavy atom. The number of fused-ring (bicyclic) bond motifs is 1. The molecule has 0 spiro atoms. The molecule has 0 saturated heterocycles. The molecule has 0 radical (unpaired) electrons. The third kappa shape index (κ3) is 5.19. The number of primary amides is 1. The Hall–Kier alpha value is -3.05. The van der Waals surface area contributed by atoms with Crippen molar-refractivity contribution in [3.05, 3.63) is 35.0 Å². The minimum Gasteiger partial charge on any atom is -0.393 e. The quantitative estimate of drug-likeness (QED) is 0.338. The van der Waals surface area contributed by atoms with Gasteiger partial charge >= 0.3 is 0 Å². The number of anilines is 3. The van der Waals surface area contributed by atoms with Gasteiger partial charge in [-0.05, 0) is 63.0 Å². The second-order valence-corrected chi connectivity index (χ2v) is 10.6. The Morgan fingerprint density at radius 2 is 1.92 bits per heavy atom. The van der Waals surface area contributed by atoms with Gasteiger partial charge in [0, 0.05) is 18.0 Å². The first-order valence-electron chi connectivity index (χ1n) is 12.6. The minimum atomic E-state index is -0.920. The molecular weight excluding hydrogens is 504 g/mol. The van der Waals surface area contributed by atoms with Crippen molar-refractivity contribution in [2.75, 3.05) is 10.6 Å². The van der Waals surface area contributed by atoms with Crippen LogP contribution >= 0.6 is 11.6 Å². The number of aromatic nitrogens is 4. The van der Waals surface area contributed by atoms with Gasteiger partial charge in [-0.15, -0.1) is 0 Å². The number of imidazole rings is 1. The summed E-state index contributed by atoms with van der Waals surface area (Å²) < 4.78 is 31.1. The van der Waals surface area contributed by atoms with E-state index in [4.69, 9.17) is 22.3 Å². The molecule has 2 saturated carbocycles. The van der Waals surface area contributed by atoms with E-state index in [2.05, 4.69) is 20.6 Å². The van der Waals surface area contributed by atoms with E-state index in [9.17, 15) is 18.7 Å². The molecule has 2 heterocycles. The number of rotatable bonds is 6. The number of hydrogen-bond donors (Lipinski definition) is 4. The zero-order chi connectivity index (χ0) is 26.3. The maximum atomic E-state index is 14.7. The number of carbonyl (C=O) groups is 1. The van der Waals surface area contributed by atoms with E-state index in [1.54, 1.807) is 6.20 Å². The highest BCUT2D eigenvalue weighted by Gasteiger charge is 2.30. The number of nitrogens with one attached hydrogen (secondary N) is 2. The summed E-state index contributed by atoms with van der Waals surface area (Å²) in [4.78, 5) is 25.4. The van der Waals surface area contributed by atoms with Crippen LogP contribution < -0.4 is 16.4 Å². The van der Waals surface area contributed by atoms with Crippen LogP contribution in [0.2, 0.25) is 5.02 Å². The minimum absolute atomic E-state index is 0.0262. The van der Waals surface area contributed by atoms with E-state index in [0.29, 0.717) is 49.2 Å². The molecule has 2 aliphatic carbocycles. The molecule has 9 nitrogen and oxygen atoms in total. The summed E-state index contributed by atoms with van der Waals surface area (Å²) in [6.45, 7) is 2.04. The smallest absolute Gasteiger partial charge is 0.224 e. The van der Waals surface area contributed by atoms with Gasteiger partial charge in [-0.3, -0.25) is 9.36 Å². The monoisotopic (exact) mass is 533 g/mol. The normalized spacial score (nSPS) is 26.2. The van der Waals surface area contributed by atoms with Crippen molar-refractivity contribution in [2.45, 2.75) is 70.1 Å². The molecule has 2 aliphatic rings. The summed E-state index contributed by atoms with van der Waals surface area (Å²) in [5, 5.41) is 16.2. The summed E-state index contributed by atoms with van der Waals surface area (Å²) in [5.41, 5.74) is 6.05. The molecule has 37 heavy (non-hydrogen) atoms. The molecule has 3 aromatic rings. The average molecular weight is 534 g/mol. The molecule has 5 rings (SSSR count). The number of aliphatic hydroxyl groups is 1. The Morgan fingerprint density at radius 1 is 1.16 bits per heavy atom. The van der Waals surface area contributed by atoms with Crippen LogP contribution in [0.15, 0.2) is 18.3 Å². The number of nitrogens with two attached hydrogens (primary N) is 1. The molecule has 0 unspecified atom stereocenters. The van der Waals surface area contributed by atoms with E-state index in [-0.39, 0.29) is 46.9 Å². The van der Waals surface area contributed by atoms with E-state index < -0.39 is 17.3 Å². The zero-order valence-electron chi connectivity index (χ0n) is 20.4. The molecule has 5 N–H and O–H groups in total. The van der Waals surface area contributed by atoms with Crippen molar-refractivity contribution in [3.63, 3.8) is 0 Å². The number of hydrogen-bond acceptors (Lipinski definition) is 7. The second kappa shape index (κ2) is 10.4. The van der Waals surface area contributed by atoms with Gasteiger partial charge in [0.2, 0.25) is 17.8 Å². The third-order valence-corrected chi connectivity index (χ3v) is 7.96. The fourth-order valence-corrected chi connectivity index (χ4v) is 5.54. The topological polar surface area (TPSA) is 131 Å². The van der Waals surface area contributed by atoms with Gasteiger partial charge in [-0.1, -0.05) is 18.5 Å². The predicted octanol–water partition coefficient (Wildman–Crippen LogP) is 4.68. The predicted molar refractivity (Wildman–Crippen MR) is 137 cm³/mol. The van der Waals surface area contributed by atoms with Gasteiger partial charge in [-0.2, -0.15) is 4.98 Å². The average Bonchev–Trinajstić information content (AvgIpc) is 3.23. The number of carbonyl (C=O) groups excluding carboxylic acids is 1. The maximum absolute atomic E-state index is 14.7. The molecule has 198 valence electrons. The van der Waals surface area contributed by atoms with E-state index >= 15 is 0 Å². The molecular formula is C25H30ClF2N7O2. The van der Waals surface area contributed by atoms with Crippen LogP contribution in [0.1, 0.15) is 57.9 Å². The van der Waals surface area contributed by atoms with Crippen molar-refractivity contribution >= 4 is 46.3 Å². The van der Waals surface area contributed by atoms with Crippen LogP contribution in [-0.4, -0.2) is 42.7 Å². The van der Waals surface area contributed by atoms with Crippen molar-refractivity contribution in [1.29, 1.82) is 0 Å². The van der Waals surface area contributed by atoms with Crippen LogP contribution in [0.5, 0.6) is 0 Å². The van der Waals surface area contributed by atoms with Gasteiger partial charge < -0.3 is 21.5 Å². The molecule has 3 atom stereocenters. The Bertz CT molecular complexity index is 1310. The largest absolute Gasteiger partial charge is 0.393 e. The van der Waals surface area contributed by atoms with E-state index in [0.717, 1.165) is 25.0 Å². The molecule has 0 bridgehead atoms. The highest BCUT2D eigenvalue weighted by molar-refractivity contribution is 6.31. The maximum Gasteiger partial charge on any atom is 0.224 e. The third-order valence-electron chi connectivity index (χ3n) is 7.66. The van der Waals surface area contributed by atoms with Gasteiger partial charge in [0.05, 0.1) is 17.3 Å². The SMILES string of the molecule is C[C@@H]1CC[C@@H](Nc2ncc3nc(Nc4c(F)ccc(Cl)c4F)n([C@H]4CC[C@@H](C(N)=O)CC4)c3n2)C[C@H]1O. The van der Waals surface area contributed by atoms with Crippen molar-refractivity contribution in [2.24, 2.45) is 17.6 Å². The summed E-state index contributed by atoms with van der Waals surface area (Å²) >= 11 is 5.90. The van der Waals surface area contributed by atoms with Crippen LogP contribution in [0.4, 0.5) is 26.4 Å². The van der Waals surface area contributed by atoms with Crippen LogP contribution in [0.25, 0.3) is 11.2 Å². The van der Waals surface area contributed by atoms with Crippen LogP contribution in [0, 0.1) is 23.5 Å². The highest BCUT2D eigenvalue weighted by Crippen LogP contribution is 2.38. The number of amides is 1. The van der Waals surface area contributed by atoms with Gasteiger partial charge in [0.1, 0.15) is 17.0 Å². The summed E-state index contributed by atoms with van der Waals surface area (Å²) in [5.74, 6) is -1.43. The molecule has 2 fully saturated rings. The van der Waals surface area contributed by atoms with Gasteiger partial charge in [0.25, 0.3) is 0 Å². The zero-order valence-corrected chi connectivity index (χ0v) is 21.2. The molecule has 12 heteroatoms. The molecule has 2 aromatic heterocycles. The molecule has 1 aromatic carbocycles. The van der Waals surface area contributed by atoms with E-state index in [1.165, 1.54) is 0 Å². The lowest BCUT2D eigenvalue weighted by molar-refractivity contribution is -0.122. The number of halogens is 3. The molecule has 0 aliphatic heterocycles. The first-order valence-corrected chi connectivity index (χ1v) is 13.0. The van der Waals surface area contributed by atoms with Crippen molar-refractivity contribution in [3.8, 4) is 0 Å². The Kier molecular flexibility index (Phi) is 7.17. The van der Waals surface area contributed by atoms with E-state index in [1.807, 2.05) is 11.5 Å².